The van der Waals surface area contributed by atoms with Gasteiger partial charge in [0.15, 0.2) is 12.6 Å². The largest absolute Gasteiger partial charge is 0.467 e. The van der Waals surface area contributed by atoms with E-state index in [1.54, 1.807) is 6.92 Å². The molecule has 0 aliphatic carbocycles. The summed E-state index contributed by atoms with van der Waals surface area (Å²) >= 11 is 0. The summed E-state index contributed by atoms with van der Waals surface area (Å²) in [5, 5.41) is 0. The van der Waals surface area contributed by atoms with Crippen LogP contribution in [0.5, 0.6) is 5.75 Å². The van der Waals surface area contributed by atoms with Crippen molar-refractivity contribution in [1.29, 1.82) is 0 Å². The van der Waals surface area contributed by atoms with Gasteiger partial charge in [-0.2, -0.15) is 0 Å². The van der Waals surface area contributed by atoms with Crippen molar-refractivity contribution >= 4 is 5.78 Å². The smallest absolute Gasteiger partial charge is 0.189 e. The molecule has 74 valence electrons. The Labute approximate surface area is 82.6 Å². The molecule has 3 heteroatoms. The highest BCUT2D eigenvalue weighted by Crippen LogP contribution is 2.28. The number of hydrogen-bond donors (Lipinski definition) is 0. The SMILES string of the molecule is CC(=O)c1ccc2c(c1C)COCO2. The molecule has 1 aliphatic rings. The number of carbonyl (C=O) groups is 1. The van der Waals surface area contributed by atoms with E-state index in [0.717, 1.165) is 22.4 Å². The van der Waals surface area contributed by atoms with Crippen LogP contribution in [0.4, 0.5) is 0 Å². The van der Waals surface area contributed by atoms with E-state index in [4.69, 9.17) is 9.47 Å². The number of carbonyl (C=O) groups excluding carboxylic acids is 1. The predicted molar refractivity (Wildman–Crippen MR) is 51.5 cm³/mol. The highest BCUT2D eigenvalue weighted by atomic mass is 16.7. The van der Waals surface area contributed by atoms with Crippen LogP contribution in [0.2, 0.25) is 0 Å². The van der Waals surface area contributed by atoms with Crippen LogP contribution in [-0.2, 0) is 11.3 Å². The second kappa shape index (κ2) is 3.42. The minimum Gasteiger partial charge on any atom is -0.467 e. The Morgan fingerprint density at radius 1 is 1.43 bits per heavy atom. The van der Waals surface area contributed by atoms with Crippen LogP contribution in [0.25, 0.3) is 0 Å². The zero-order chi connectivity index (χ0) is 10.1. The maximum Gasteiger partial charge on any atom is 0.189 e. The normalized spacial score (nSPS) is 14.4. The Morgan fingerprint density at radius 2 is 2.21 bits per heavy atom. The second-order valence-corrected chi connectivity index (χ2v) is 3.38. The van der Waals surface area contributed by atoms with Crippen LogP contribution >= 0.6 is 0 Å². The van der Waals surface area contributed by atoms with Crippen molar-refractivity contribution < 1.29 is 14.3 Å². The van der Waals surface area contributed by atoms with Crippen molar-refractivity contribution in [2.24, 2.45) is 0 Å². The summed E-state index contributed by atoms with van der Waals surface area (Å²) in [5.41, 5.74) is 2.71. The average Bonchev–Trinajstić information content (AvgIpc) is 2.18. The Balaban J connectivity index is 2.54. The van der Waals surface area contributed by atoms with Gasteiger partial charge in [-0.15, -0.1) is 0 Å². The standard InChI is InChI=1S/C11H12O3/c1-7-9(8(2)12)3-4-11-10(7)5-13-6-14-11/h3-4H,5-6H2,1-2H3. The molecule has 1 aromatic carbocycles. The lowest BCUT2D eigenvalue weighted by molar-refractivity contribution is -0.0167. The molecule has 0 unspecified atom stereocenters. The summed E-state index contributed by atoms with van der Waals surface area (Å²) in [5.74, 6) is 0.912. The van der Waals surface area contributed by atoms with Crippen molar-refractivity contribution in [3.8, 4) is 5.75 Å². The third-order valence-corrected chi connectivity index (χ3v) is 2.48. The van der Waals surface area contributed by atoms with E-state index in [1.165, 1.54) is 0 Å². The second-order valence-electron chi connectivity index (χ2n) is 3.38. The molecule has 0 aromatic heterocycles. The fourth-order valence-corrected chi connectivity index (χ4v) is 1.68. The molecular weight excluding hydrogens is 180 g/mol. The molecule has 1 heterocycles. The van der Waals surface area contributed by atoms with E-state index in [2.05, 4.69) is 0 Å². The van der Waals surface area contributed by atoms with Crippen LogP contribution in [0, 0.1) is 6.92 Å². The van der Waals surface area contributed by atoms with Crippen LogP contribution in [-0.4, -0.2) is 12.6 Å². The maximum atomic E-state index is 11.3. The molecule has 0 amide bonds. The van der Waals surface area contributed by atoms with E-state index < -0.39 is 0 Å². The van der Waals surface area contributed by atoms with Crippen LogP contribution < -0.4 is 4.74 Å². The first-order valence-electron chi connectivity index (χ1n) is 4.54. The van der Waals surface area contributed by atoms with Crippen molar-refractivity contribution in [3.63, 3.8) is 0 Å². The third-order valence-electron chi connectivity index (χ3n) is 2.48. The Morgan fingerprint density at radius 3 is 2.93 bits per heavy atom. The maximum absolute atomic E-state index is 11.3. The summed E-state index contributed by atoms with van der Waals surface area (Å²) < 4.78 is 10.5. The first-order chi connectivity index (χ1) is 6.70. The van der Waals surface area contributed by atoms with E-state index in [0.29, 0.717) is 13.4 Å². The summed E-state index contributed by atoms with van der Waals surface area (Å²) in [4.78, 5) is 11.3. The molecule has 0 fully saturated rings. The molecule has 0 atom stereocenters. The topological polar surface area (TPSA) is 35.5 Å². The highest BCUT2D eigenvalue weighted by Gasteiger charge is 2.16. The third kappa shape index (κ3) is 1.40. The molecule has 0 spiro atoms. The minimum atomic E-state index is 0.0795. The first kappa shape index (κ1) is 9.21. The number of ether oxygens (including phenoxy) is 2. The van der Waals surface area contributed by atoms with Crippen LogP contribution in [0.1, 0.15) is 28.4 Å². The first-order valence-corrected chi connectivity index (χ1v) is 4.54. The molecule has 0 bridgehead atoms. The molecule has 0 saturated heterocycles. The number of rotatable bonds is 1. The number of benzene rings is 1. The van der Waals surface area contributed by atoms with Crippen molar-refractivity contribution in [1.82, 2.24) is 0 Å². The predicted octanol–water partition coefficient (Wildman–Crippen LogP) is 2.06. The summed E-state index contributed by atoms with van der Waals surface area (Å²) in [6.07, 6.45) is 0. The summed E-state index contributed by atoms with van der Waals surface area (Å²) in [6.45, 7) is 4.32. The quantitative estimate of drug-likeness (QED) is 0.639. The molecule has 1 aromatic rings. The average molecular weight is 192 g/mol. The van der Waals surface area contributed by atoms with Crippen molar-refractivity contribution in [3.05, 3.63) is 28.8 Å². The van der Waals surface area contributed by atoms with E-state index in [9.17, 15) is 4.79 Å². The van der Waals surface area contributed by atoms with Crippen molar-refractivity contribution in [2.75, 3.05) is 6.79 Å². The number of hydrogen-bond acceptors (Lipinski definition) is 3. The fourth-order valence-electron chi connectivity index (χ4n) is 1.68. The lowest BCUT2D eigenvalue weighted by Gasteiger charge is -2.20. The van der Waals surface area contributed by atoms with E-state index >= 15 is 0 Å². The van der Waals surface area contributed by atoms with Gasteiger partial charge in [-0.25, -0.2) is 0 Å². The van der Waals surface area contributed by atoms with E-state index in [-0.39, 0.29) is 5.78 Å². The minimum absolute atomic E-state index is 0.0795. The van der Waals surface area contributed by atoms with Gasteiger partial charge in [0.2, 0.25) is 0 Å². The van der Waals surface area contributed by atoms with Crippen molar-refractivity contribution in [2.45, 2.75) is 20.5 Å². The zero-order valence-electron chi connectivity index (χ0n) is 8.29. The van der Waals surface area contributed by atoms with Gasteiger partial charge in [0.1, 0.15) is 5.75 Å². The molecule has 0 saturated carbocycles. The van der Waals surface area contributed by atoms with Gasteiger partial charge in [0.25, 0.3) is 0 Å². The lowest BCUT2D eigenvalue weighted by Crippen LogP contribution is -2.14. The number of fused-ring (bicyclic) bond motifs is 1. The van der Waals surface area contributed by atoms with Gasteiger partial charge in [-0.3, -0.25) is 4.79 Å². The van der Waals surface area contributed by atoms with Crippen LogP contribution in [0.15, 0.2) is 12.1 Å². The van der Waals surface area contributed by atoms with Gasteiger partial charge >= 0.3 is 0 Å². The van der Waals surface area contributed by atoms with E-state index in [1.807, 2.05) is 19.1 Å². The Kier molecular flexibility index (Phi) is 2.25. The molecule has 3 nitrogen and oxygen atoms in total. The Hall–Kier alpha value is -1.35. The van der Waals surface area contributed by atoms with Gasteiger partial charge in [0, 0.05) is 11.1 Å². The fraction of sp³-hybridized carbons (Fsp3) is 0.364. The number of ketones is 1. The monoisotopic (exact) mass is 192 g/mol. The summed E-state index contributed by atoms with van der Waals surface area (Å²) in [7, 11) is 0. The molecule has 0 N–H and O–H groups in total. The molecule has 1 aliphatic heterocycles. The Bertz CT molecular complexity index is 382. The summed E-state index contributed by atoms with van der Waals surface area (Å²) in [6, 6.07) is 3.64. The molecule has 14 heavy (non-hydrogen) atoms. The van der Waals surface area contributed by atoms with Gasteiger partial charge < -0.3 is 9.47 Å². The molecular formula is C11H12O3. The van der Waals surface area contributed by atoms with Gasteiger partial charge in [0.05, 0.1) is 6.61 Å². The van der Waals surface area contributed by atoms with Crippen LogP contribution in [0.3, 0.4) is 0 Å². The molecule has 2 rings (SSSR count). The molecule has 0 radical (unpaired) electrons. The lowest BCUT2D eigenvalue weighted by atomic mass is 9.99. The highest BCUT2D eigenvalue weighted by molar-refractivity contribution is 5.96. The zero-order valence-corrected chi connectivity index (χ0v) is 8.29. The van der Waals surface area contributed by atoms with Gasteiger partial charge in [-0.05, 0) is 31.5 Å². The van der Waals surface area contributed by atoms with Gasteiger partial charge in [-0.1, -0.05) is 0 Å². The number of Topliss-reactive ketones (excluding diaryl/α,β-unsaturated/α-hetero) is 1.